The van der Waals surface area contributed by atoms with E-state index in [-0.39, 0.29) is 32.4 Å². The molecule has 0 heterocycles. The van der Waals surface area contributed by atoms with E-state index in [2.05, 4.69) is 22.8 Å². The molecule has 6 heteroatoms. The van der Waals surface area contributed by atoms with Crippen molar-refractivity contribution in [3.63, 3.8) is 0 Å². The molecule has 1 unspecified atom stereocenters. The van der Waals surface area contributed by atoms with E-state index in [1.54, 1.807) is 0 Å². The lowest BCUT2D eigenvalue weighted by molar-refractivity contribution is -0.139. The van der Waals surface area contributed by atoms with Crippen molar-refractivity contribution in [2.24, 2.45) is 0 Å². The molecule has 1 atom stereocenters. The summed E-state index contributed by atoms with van der Waals surface area (Å²) in [6, 6.07) is 6.07. The van der Waals surface area contributed by atoms with E-state index in [1.807, 2.05) is 13.0 Å². The van der Waals surface area contributed by atoms with E-state index in [1.165, 1.54) is 24.0 Å². The van der Waals surface area contributed by atoms with E-state index < -0.39 is 11.8 Å². The van der Waals surface area contributed by atoms with Crippen LogP contribution in [0.3, 0.4) is 0 Å². The maximum absolute atomic E-state index is 11.9. The van der Waals surface area contributed by atoms with Gasteiger partial charge in [0.25, 0.3) is 0 Å². The zero-order valence-electron chi connectivity index (χ0n) is 14.1. The highest BCUT2D eigenvalue weighted by Crippen LogP contribution is 2.24. The van der Waals surface area contributed by atoms with Crippen molar-refractivity contribution < 1.29 is 19.4 Å². The lowest BCUT2D eigenvalue weighted by atomic mass is 9.89. The number of carbonyl (C=O) groups is 2. The Hall–Kier alpha value is -1.92. The molecule has 0 bridgehead atoms. The first-order chi connectivity index (χ1) is 11.6. The number of nitrogens with one attached hydrogen (secondary N) is 2. The zero-order chi connectivity index (χ0) is 17.4. The molecule has 24 heavy (non-hydrogen) atoms. The summed E-state index contributed by atoms with van der Waals surface area (Å²) in [7, 11) is 0. The maximum Gasteiger partial charge on any atom is 0.309 e. The number of aryl methyl sites for hydroxylation is 2. The Morgan fingerprint density at radius 3 is 2.67 bits per heavy atom. The van der Waals surface area contributed by atoms with Crippen molar-refractivity contribution in [2.75, 3.05) is 26.4 Å². The lowest BCUT2D eigenvalue weighted by Gasteiger charge is -2.20. The second-order valence-electron chi connectivity index (χ2n) is 6.02. The number of carbonyl (C=O) groups excluding carboxylic acids is 2. The summed E-state index contributed by atoms with van der Waals surface area (Å²) in [5, 5.41) is 13.8. The Kier molecular flexibility index (Phi) is 7.21. The van der Waals surface area contributed by atoms with Crippen LogP contribution in [-0.4, -0.2) is 43.3 Å². The highest BCUT2D eigenvalue weighted by Gasteiger charge is 2.18. The van der Waals surface area contributed by atoms with Gasteiger partial charge < -0.3 is 20.5 Å². The number of benzene rings is 1. The number of ether oxygens (including phenoxy) is 1. The molecule has 0 saturated carbocycles. The van der Waals surface area contributed by atoms with Crippen LogP contribution in [0.15, 0.2) is 18.2 Å². The van der Waals surface area contributed by atoms with Gasteiger partial charge in [-0.2, -0.15) is 0 Å². The SMILES string of the molecule is CC(NC(=O)C(=O)NCCOCCO)c1ccc2c(c1)CCCC2. The second kappa shape index (κ2) is 9.39. The number of hydrogen-bond acceptors (Lipinski definition) is 4. The number of hydrogen-bond donors (Lipinski definition) is 3. The summed E-state index contributed by atoms with van der Waals surface area (Å²) in [6.07, 6.45) is 4.65. The van der Waals surface area contributed by atoms with Crippen molar-refractivity contribution in [2.45, 2.75) is 38.6 Å². The van der Waals surface area contributed by atoms with Crippen LogP contribution in [0, 0.1) is 0 Å². The average Bonchev–Trinajstić information content (AvgIpc) is 2.60. The Morgan fingerprint density at radius 2 is 1.92 bits per heavy atom. The molecule has 2 rings (SSSR count). The van der Waals surface area contributed by atoms with Crippen LogP contribution < -0.4 is 10.6 Å². The first kappa shape index (κ1) is 18.4. The molecule has 1 aromatic carbocycles. The quantitative estimate of drug-likeness (QED) is 0.510. The largest absolute Gasteiger partial charge is 0.394 e. The second-order valence-corrected chi connectivity index (χ2v) is 6.02. The summed E-state index contributed by atoms with van der Waals surface area (Å²) in [5.74, 6) is -1.32. The molecule has 0 aromatic heterocycles. The van der Waals surface area contributed by atoms with Crippen LogP contribution in [0.2, 0.25) is 0 Å². The predicted octanol–water partition coefficient (Wildman–Crippen LogP) is 0.868. The van der Waals surface area contributed by atoms with Crippen LogP contribution in [0.25, 0.3) is 0 Å². The molecule has 132 valence electrons. The van der Waals surface area contributed by atoms with Gasteiger partial charge in [0.15, 0.2) is 0 Å². The summed E-state index contributed by atoms with van der Waals surface area (Å²) in [5.41, 5.74) is 3.76. The Bertz CT molecular complexity index is 574. The molecule has 1 aliphatic rings. The zero-order valence-corrected chi connectivity index (χ0v) is 14.1. The number of amides is 2. The van der Waals surface area contributed by atoms with Crippen molar-refractivity contribution in [3.05, 3.63) is 34.9 Å². The molecule has 0 spiro atoms. The smallest absolute Gasteiger partial charge is 0.309 e. The number of fused-ring (bicyclic) bond motifs is 1. The highest BCUT2D eigenvalue weighted by molar-refractivity contribution is 6.35. The lowest BCUT2D eigenvalue weighted by Crippen LogP contribution is -2.42. The van der Waals surface area contributed by atoms with Crippen molar-refractivity contribution in [1.82, 2.24) is 10.6 Å². The Morgan fingerprint density at radius 1 is 1.17 bits per heavy atom. The van der Waals surface area contributed by atoms with Crippen LogP contribution in [0.1, 0.15) is 42.5 Å². The molecule has 0 radical (unpaired) electrons. The predicted molar refractivity (Wildman–Crippen MR) is 90.6 cm³/mol. The van der Waals surface area contributed by atoms with Gasteiger partial charge in [-0.1, -0.05) is 18.2 Å². The monoisotopic (exact) mass is 334 g/mol. The Balaban J connectivity index is 1.81. The van der Waals surface area contributed by atoms with Crippen molar-refractivity contribution >= 4 is 11.8 Å². The van der Waals surface area contributed by atoms with Crippen LogP contribution in [0.5, 0.6) is 0 Å². The maximum atomic E-state index is 11.9. The third-order valence-electron chi connectivity index (χ3n) is 4.19. The minimum absolute atomic E-state index is 0.0628. The molecule has 2 amide bonds. The molecule has 6 nitrogen and oxygen atoms in total. The summed E-state index contributed by atoms with van der Waals surface area (Å²) >= 11 is 0. The average molecular weight is 334 g/mol. The Labute approximate surface area is 142 Å². The fourth-order valence-corrected chi connectivity index (χ4v) is 2.85. The van der Waals surface area contributed by atoms with Gasteiger partial charge in [-0.15, -0.1) is 0 Å². The molecule has 0 aliphatic heterocycles. The van der Waals surface area contributed by atoms with Gasteiger partial charge in [-0.3, -0.25) is 9.59 Å². The number of rotatable bonds is 7. The van der Waals surface area contributed by atoms with E-state index >= 15 is 0 Å². The van der Waals surface area contributed by atoms with Gasteiger partial charge >= 0.3 is 11.8 Å². The summed E-state index contributed by atoms with van der Waals surface area (Å²) < 4.78 is 5.02. The normalized spacial score (nSPS) is 14.6. The third-order valence-corrected chi connectivity index (χ3v) is 4.19. The standard InChI is InChI=1S/C18H26N2O4/c1-13(15-7-6-14-4-2-3-5-16(14)12-15)20-18(23)17(22)19-8-10-24-11-9-21/h6-7,12-13,21H,2-5,8-11H2,1H3,(H,19,22)(H,20,23). The first-order valence-electron chi connectivity index (χ1n) is 8.51. The molecule has 1 aliphatic carbocycles. The number of aliphatic hydroxyl groups excluding tert-OH is 1. The molecular weight excluding hydrogens is 308 g/mol. The van der Waals surface area contributed by atoms with Crippen molar-refractivity contribution in [3.8, 4) is 0 Å². The topological polar surface area (TPSA) is 87.7 Å². The van der Waals surface area contributed by atoms with E-state index in [0.29, 0.717) is 0 Å². The van der Waals surface area contributed by atoms with E-state index in [9.17, 15) is 9.59 Å². The highest BCUT2D eigenvalue weighted by atomic mass is 16.5. The first-order valence-corrected chi connectivity index (χ1v) is 8.51. The van der Waals surface area contributed by atoms with Crippen LogP contribution in [0.4, 0.5) is 0 Å². The van der Waals surface area contributed by atoms with Gasteiger partial charge in [-0.05, 0) is 49.3 Å². The van der Waals surface area contributed by atoms with Gasteiger partial charge in [0.2, 0.25) is 0 Å². The van der Waals surface area contributed by atoms with Crippen molar-refractivity contribution in [1.29, 1.82) is 0 Å². The van der Waals surface area contributed by atoms with E-state index in [4.69, 9.17) is 9.84 Å². The summed E-state index contributed by atoms with van der Waals surface area (Å²) in [4.78, 5) is 23.7. The molecule has 3 N–H and O–H groups in total. The molecular formula is C18H26N2O4. The van der Waals surface area contributed by atoms with Gasteiger partial charge in [0.1, 0.15) is 0 Å². The fourth-order valence-electron chi connectivity index (χ4n) is 2.85. The molecule has 1 aromatic rings. The summed E-state index contributed by atoms with van der Waals surface area (Å²) in [6.45, 7) is 2.53. The molecule has 0 fully saturated rings. The number of aliphatic hydroxyl groups is 1. The third kappa shape index (κ3) is 5.32. The van der Waals surface area contributed by atoms with E-state index in [0.717, 1.165) is 18.4 Å². The fraction of sp³-hybridized carbons (Fsp3) is 0.556. The van der Waals surface area contributed by atoms with Gasteiger partial charge in [-0.25, -0.2) is 0 Å². The van der Waals surface area contributed by atoms with Crippen LogP contribution in [-0.2, 0) is 27.2 Å². The van der Waals surface area contributed by atoms with Gasteiger partial charge in [0.05, 0.1) is 25.9 Å². The minimum atomic E-state index is -0.674. The molecule has 0 saturated heterocycles. The minimum Gasteiger partial charge on any atom is -0.394 e. The van der Waals surface area contributed by atoms with Crippen LogP contribution >= 0.6 is 0 Å². The van der Waals surface area contributed by atoms with Gasteiger partial charge in [0, 0.05) is 6.54 Å².